The second-order valence-corrected chi connectivity index (χ2v) is 8.85. The maximum atomic E-state index is 12.0. The van der Waals surface area contributed by atoms with Gasteiger partial charge in [-0.15, -0.1) is 0 Å². The van der Waals surface area contributed by atoms with Gasteiger partial charge in [-0.05, 0) is 43.5 Å². The fourth-order valence-corrected chi connectivity index (χ4v) is 4.57. The van der Waals surface area contributed by atoms with Gasteiger partial charge in [0.25, 0.3) is 0 Å². The lowest BCUT2D eigenvalue weighted by Crippen LogP contribution is -2.29. The third kappa shape index (κ3) is 2.76. The van der Waals surface area contributed by atoms with E-state index in [0.29, 0.717) is 48.6 Å². The molecule has 3 aromatic heterocycles. The molecule has 4 aromatic rings. The van der Waals surface area contributed by atoms with Crippen LogP contribution in [0.4, 0.5) is 0 Å². The summed E-state index contributed by atoms with van der Waals surface area (Å²) in [6, 6.07) is 7.43. The normalized spacial score (nSPS) is 21.9. The molecule has 0 bridgehead atoms. The van der Waals surface area contributed by atoms with E-state index >= 15 is 0 Å². The Hall–Kier alpha value is -3.36. The number of carbonyl (C=O) groups excluding carboxylic acids is 1. The van der Waals surface area contributed by atoms with Crippen molar-refractivity contribution in [1.29, 1.82) is 0 Å². The van der Waals surface area contributed by atoms with Crippen LogP contribution in [-0.4, -0.2) is 39.2 Å². The summed E-state index contributed by atoms with van der Waals surface area (Å²) < 4.78 is 11.4. The first-order valence-electron chi connectivity index (χ1n) is 10.7. The highest BCUT2D eigenvalue weighted by atomic mass is 16.5. The zero-order valence-corrected chi connectivity index (χ0v) is 17.6. The van der Waals surface area contributed by atoms with Crippen LogP contribution in [0.3, 0.4) is 0 Å². The topological polar surface area (TPSA) is 124 Å². The average molecular weight is 430 g/mol. The summed E-state index contributed by atoms with van der Waals surface area (Å²) in [7, 11) is 0. The molecule has 1 aromatic carbocycles. The van der Waals surface area contributed by atoms with Gasteiger partial charge in [-0.1, -0.05) is 6.07 Å². The number of hydrogen-bond donors (Lipinski definition) is 2. The van der Waals surface area contributed by atoms with Crippen molar-refractivity contribution in [1.82, 2.24) is 15.0 Å². The minimum atomic E-state index is -1.00. The maximum absolute atomic E-state index is 12.0. The number of amides is 1. The Morgan fingerprint density at radius 2 is 1.97 bits per heavy atom. The van der Waals surface area contributed by atoms with Gasteiger partial charge in [-0.25, -0.2) is 4.98 Å². The lowest BCUT2D eigenvalue weighted by molar-refractivity contribution is -0.120. The van der Waals surface area contributed by atoms with Gasteiger partial charge in [-0.2, -0.15) is 0 Å². The number of pyridine rings is 2. The molecular formula is C24H22N4O4. The average Bonchev–Trinajstić information content (AvgIpc) is 3.32. The minimum absolute atomic E-state index is 0.271. The van der Waals surface area contributed by atoms with Crippen LogP contribution in [0.1, 0.15) is 36.2 Å². The van der Waals surface area contributed by atoms with Gasteiger partial charge in [0.15, 0.2) is 5.58 Å². The highest BCUT2D eigenvalue weighted by Crippen LogP contribution is 2.48. The van der Waals surface area contributed by atoms with Gasteiger partial charge in [-0.3, -0.25) is 14.8 Å². The monoisotopic (exact) mass is 430 g/mol. The lowest BCUT2D eigenvalue weighted by atomic mass is 9.93. The number of rotatable bonds is 4. The Labute approximate surface area is 183 Å². The van der Waals surface area contributed by atoms with E-state index in [-0.39, 0.29) is 12.5 Å². The first-order chi connectivity index (χ1) is 15.4. The molecule has 0 spiro atoms. The number of oxazole rings is 1. The molecule has 1 saturated heterocycles. The van der Waals surface area contributed by atoms with Gasteiger partial charge >= 0.3 is 0 Å². The van der Waals surface area contributed by atoms with Crippen LogP contribution in [-0.2, 0) is 20.5 Å². The molecule has 0 radical (unpaired) electrons. The zero-order chi connectivity index (χ0) is 22.1. The highest BCUT2D eigenvalue weighted by Gasteiger charge is 2.51. The van der Waals surface area contributed by atoms with Crippen LogP contribution < -0.4 is 5.73 Å². The molecule has 4 heterocycles. The second-order valence-electron chi connectivity index (χ2n) is 8.85. The molecule has 1 aliphatic heterocycles. The fourth-order valence-electron chi connectivity index (χ4n) is 4.57. The molecule has 2 fully saturated rings. The Morgan fingerprint density at radius 1 is 1.12 bits per heavy atom. The van der Waals surface area contributed by atoms with E-state index in [9.17, 15) is 9.90 Å². The molecule has 0 unspecified atom stereocenters. The Bertz CT molecular complexity index is 1400. The molecule has 1 atom stereocenters. The Kier molecular flexibility index (Phi) is 3.97. The van der Waals surface area contributed by atoms with Crippen molar-refractivity contribution < 1.29 is 19.1 Å². The van der Waals surface area contributed by atoms with Crippen molar-refractivity contribution in [3.8, 4) is 11.5 Å². The number of nitrogens with two attached hydrogens (primary N) is 1. The summed E-state index contributed by atoms with van der Waals surface area (Å²) in [4.78, 5) is 25.8. The van der Waals surface area contributed by atoms with E-state index in [1.54, 1.807) is 12.4 Å². The molecule has 3 N–H and O–H groups in total. The summed E-state index contributed by atoms with van der Waals surface area (Å²) >= 11 is 0. The van der Waals surface area contributed by atoms with Crippen molar-refractivity contribution in [3.05, 3.63) is 53.6 Å². The number of carbonyl (C=O) groups is 1. The molecule has 2 aliphatic rings. The van der Waals surface area contributed by atoms with E-state index < -0.39 is 11.0 Å². The molecular weight excluding hydrogens is 408 g/mol. The standard InChI is InChI=1S/C24H22N4O4/c1-13-16-10-27-20(23(4-5-23)22(25)29)9-15(16)17(11-26-13)21-28-18-8-14(2-3-19(18)32-21)24(30)6-7-31-12-24/h2-3,8-11,30H,4-7,12H2,1H3,(H2,25,29)/t24-/m0/s1. The largest absolute Gasteiger partial charge is 0.436 e. The highest BCUT2D eigenvalue weighted by molar-refractivity contribution is 5.98. The van der Waals surface area contributed by atoms with Crippen LogP contribution in [0.15, 0.2) is 41.1 Å². The van der Waals surface area contributed by atoms with Crippen LogP contribution in [0, 0.1) is 6.92 Å². The van der Waals surface area contributed by atoms with Gasteiger partial charge in [0.2, 0.25) is 11.8 Å². The number of nitrogens with zero attached hydrogens (tertiary/aromatic N) is 3. The number of fused-ring (bicyclic) bond motifs is 2. The van der Waals surface area contributed by atoms with E-state index in [4.69, 9.17) is 19.9 Å². The SMILES string of the molecule is Cc1ncc(-c2nc3cc([C@]4(O)CCOC4)ccc3o2)c2cc(C3(C(N)=O)CC3)ncc12. The molecule has 162 valence electrons. The summed E-state index contributed by atoms with van der Waals surface area (Å²) in [6.45, 7) is 2.72. The van der Waals surface area contributed by atoms with Crippen LogP contribution >= 0.6 is 0 Å². The Morgan fingerprint density at radius 3 is 2.69 bits per heavy atom. The zero-order valence-electron chi connectivity index (χ0n) is 17.6. The van der Waals surface area contributed by atoms with Crippen LogP contribution in [0.25, 0.3) is 33.3 Å². The van der Waals surface area contributed by atoms with Crippen LogP contribution in [0.2, 0.25) is 0 Å². The fraction of sp³-hybridized carbons (Fsp3) is 0.333. The molecule has 32 heavy (non-hydrogen) atoms. The predicted octanol–water partition coefficient (Wildman–Crippen LogP) is 2.87. The van der Waals surface area contributed by atoms with E-state index in [1.165, 1.54) is 0 Å². The molecule has 1 amide bonds. The number of aliphatic hydroxyl groups is 1. The minimum Gasteiger partial charge on any atom is -0.436 e. The summed E-state index contributed by atoms with van der Waals surface area (Å²) in [5.74, 6) is 0.0743. The van der Waals surface area contributed by atoms with Gasteiger partial charge < -0.3 is 20.0 Å². The van der Waals surface area contributed by atoms with Crippen molar-refractivity contribution in [2.24, 2.45) is 5.73 Å². The first-order valence-corrected chi connectivity index (χ1v) is 10.7. The van der Waals surface area contributed by atoms with E-state index in [2.05, 4.69) is 9.97 Å². The number of aryl methyl sites for hydroxylation is 1. The second kappa shape index (κ2) is 6.57. The number of benzene rings is 1. The van der Waals surface area contributed by atoms with Gasteiger partial charge in [0, 0.05) is 41.9 Å². The van der Waals surface area contributed by atoms with Crippen molar-refractivity contribution >= 4 is 27.8 Å². The van der Waals surface area contributed by atoms with Crippen LogP contribution in [0.5, 0.6) is 0 Å². The predicted molar refractivity (Wildman–Crippen MR) is 117 cm³/mol. The quantitative estimate of drug-likeness (QED) is 0.510. The number of aromatic nitrogens is 3. The van der Waals surface area contributed by atoms with Crippen molar-refractivity contribution in [2.75, 3.05) is 13.2 Å². The molecule has 8 nitrogen and oxygen atoms in total. The maximum Gasteiger partial charge on any atom is 0.229 e. The summed E-state index contributed by atoms with van der Waals surface area (Å²) in [5, 5.41) is 12.6. The molecule has 6 rings (SSSR count). The van der Waals surface area contributed by atoms with Gasteiger partial charge in [0.1, 0.15) is 11.1 Å². The van der Waals surface area contributed by atoms with Crippen molar-refractivity contribution in [3.63, 3.8) is 0 Å². The van der Waals surface area contributed by atoms with Gasteiger partial charge in [0.05, 0.1) is 23.3 Å². The molecule has 8 heteroatoms. The summed E-state index contributed by atoms with van der Waals surface area (Å²) in [6.07, 6.45) is 5.44. The third-order valence-electron chi connectivity index (χ3n) is 6.84. The smallest absolute Gasteiger partial charge is 0.229 e. The Balaban J connectivity index is 1.50. The molecule has 1 aliphatic carbocycles. The lowest BCUT2D eigenvalue weighted by Gasteiger charge is -2.20. The van der Waals surface area contributed by atoms with E-state index in [1.807, 2.05) is 31.2 Å². The first kappa shape index (κ1) is 19.3. The third-order valence-corrected chi connectivity index (χ3v) is 6.84. The number of hydrogen-bond acceptors (Lipinski definition) is 7. The number of ether oxygens (including phenoxy) is 1. The molecule has 1 saturated carbocycles. The van der Waals surface area contributed by atoms with E-state index in [0.717, 1.165) is 27.6 Å². The summed E-state index contributed by atoms with van der Waals surface area (Å²) in [5.41, 5.74) is 8.23. The van der Waals surface area contributed by atoms with Crippen molar-refractivity contribution in [2.45, 2.75) is 37.2 Å². The number of primary amides is 1.